The topological polar surface area (TPSA) is 21.3 Å². The first-order chi connectivity index (χ1) is 7.36. The first-order valence-corrected chi connectivity index (χ1v) is 5.40. The summed E-state index contributed by atoms with van der Waals surface area (Å²) in [7, 11) is 0. The summed E-state index contributed by atoms with van der Waals surface area (Å²) in [6.45, 7) is 6.53. The summed E-state index contributed by atoms with van der Waals surface area (Å²) in [6.07, 6.45) is 4.15. The second-order valence-electron chi connectivity index (χ2n) is 3.28. The third-order valence-electron chi connectivity index (χ3n) is 2.04. The van der Waals surface area contributed by atoms with Crippen LogP contribution in [0.3, 0.4) is 0 Å². The van der Waals surface area contributed by atoms with Crippen LogP contribution >= 0.6 is 0 Å². The first kappa shape index (κ1) is 11.8. The molecule has 0 aliphatic carbocycles. The van der Waals surface area contributed by atoms with Gasteiger partial charge in [-0.3, -0.25) is 0 Å². The Balaban J connectivity index is 2.42. The van der Waals surface area contributed by atoms with Gasteiger partial charge in [0.1, 0.15) is 5.75 Å². The summed E-state index contributed by atoms with van der Waals surface area (Å²) in [5.41, 5.74) is 1.26. The summed E-state index contributed by atoms with van der Waals surface area (Å²) in [5.74, 6) is 0.947. The van der Waals surface area contributed by atoms with E-state index < -0.39 is 0 Å². The number of hydrogen-bond donors (Lipinski definition) is 1. The van der Waals surface area contributed by atoms with Crippen LogP contribution in [0.15, 0.2) is 36.4 Å². The molecule has 0 spiro atoms. The molecule has 1 N–H and O–H groups in total. The molecule has 0 aromatic heterocycles. The number of ether oxygens (including phenoxy) is 1. The van der Waals surface area contributed by atoms with Crippen molar-refractivity contribution >= 4 is 0 Å². The van der Waals surface area contributed by atoms with Gasteiger partial charge in [-0.05, 0) is 31.5 Å². The van der Waals surface area contributed by atoms with Crippen molar-refractivity contribution in [1.29, 1.82) is 0 Å². The molecule has 0 amide bonds. The molecule has 0 fully saturated rings. The monoisotopic (exact) mass is 205 g/mol. The molecular weight excluding hydrogens is 186 g/mol. The fourth-order valence-electron chi connectivity index (χ4n) is 1.33. The van der Waals surface area contributed by atoms with Crippen LogP contribution in [0.5, 0.6) is 5.75 Å². The lowest BCUT2D eigenvalue weighted by molar-refractivity contribution is 0.340. The van der Waals surface area contributed by atoms with Gasteiger partial charge in [-0.1, -0.05) is 24.3 Å². The lowest BCUT2D eigenvalue weighted by atomic mass is 10.2. The van der Waals surface area contributed by atoms with E-state index in [1.807, 2.05) is 32.1 Å². The number of benzene rings is 1. The van der Waals surface area contributed by atoms with E-state index >= 15 is 0 Å². The molecule has 0 saturated heterocycles. The van der Waals surface area contributed by atoms with E-state index in [1.54, 1.807) is 0 Å². The van der Waals surface area contributed by atoms with Crippen LogP contribution in [-0.2, 0) is 6.54 Å². The molecule has 0 unspecified atom stereocenters. The molecule has 1 aromatic rings. The Bertz CT molecular complexity index is 307. The Labute approximate surface area is 92.0 Å². The Morgan fingerprint density at radius 1 is 1.40 bits per heavy atom. The quantitative estimate of drug-likeness (QED) is 0.569. The molecule has 1 rings (SSSR count). The molecular formula is C13H19NO. The predicted octanol–water partition coefficient (Wildman–Crippen LogP) is 2.75. The summed E-state index contributed by atoms with van der Waals surface area (Å²) in [5, 5.41) is 3.33. The van der Waals surface area contributed by atoms with E-state index in [4.69, 9.17) is 4.74 Å². The summed E-state index contributed by atoms with van der Waals surface area (Å²) in [6, 6.07) is 8.19. The zero-order chi connectivity index (χ0) is 10.9. The molecule has 82 valence electrons. The van der Waals surface area contributed by atoms with Crippen molar-refractivity contribution in [1.82, 2.24) is 5.32 Å². The molecule has 0 heterocycles. The van der Waals surface area contributed by atoms with Gasteiger partial charge in [-0.2, -0.15) is 0 Å². The number of rotatable bonds is 6. The van der Waals surface area contributed by atoms with Gasteiger partial charge >= 0.3 is 0 Å². The molecule has 15 heavy (non-hydrogen) atoms. The highest BCUT2D eigenvalue weighted by molar-refractivity contribution is 5.28. The highest BCUT2D eigenvalue weighted by atomic mass is 16.5. The van der Waals surface area contributed by atoms with Gasteiger partial charge in [0.2, 0.25) is 0 Å². The van der Waals surface area contributed by atoms with Crippen LogP contribution in [0.2, 0.25) is 0 Å². The van der Waals surface area contributed by atoms with Crippen molar-refractivity contribution in [3.05, 3.63) is 42.0 Å². The Morgan fingerprint density at radius 2 is 2.27 bits per heavy atom. The minimum Gasteiger partial charge on any atom is -0.494 e. The predicted molar refractivity (Wildman–Crippen MR) is 64.1 cm³/mol. The molecule has 2 heteroatoms. The number of nitrogens with one attached hydrogen (secondary N) is 1. The lowest BCUT2D eigenvalue weighted by Crippen LogP contribution is -2.12. The molecule has 0 aliphatic heterocycles. The van der Waals surface area contributed by atoms with Crippen LogP contribution in [0, 0.1) is 0 Å². The van der Waals surface area contributed by atoms with Crippen molar-refractivity contribution in [2.24, 2.45) is 0 Å². The highest BCUT2D eigenvalue weighted by Crippen LogP contribution is 2.12. The van der Waals surface area contributed by atoms with E-state index in [0.717, 1.165) is 25.4 Å². The highest BCUT2D eigenvalue weighted by Gasteiger charge is 1.94. The van der Waals surface area contributed by atoms with Gasteiger partial charge in [0.05, 0.1) is 6.61 Å². The van der Waals surface area contributed by atoms with Gasteiger partial charge in [-0.15, -0.1) is 0 Å². The van der Waals surface area contributed by atoms with Crippen LogP contribution in [0.1, 0.15) is 19.4 Å². The zero-order valence-electron chi connectivity index (χ0n) is 9.49. The molecule has 0 saturated carbocycles. The maximum absolute atomic E-state index is 5.43. The molecule has 1 aromatic carbocycles. The normalized spacial score (nSPS) is 10.8. The third kappa shape index (κ3) is 4.66. The van der Waals surface area contributed by atoms with Crippen molar-refractivity contribution in [3.8, 4) is 5.75 Å². The fraction of sp³-hybridized carbons (Fsp3) is 0.385. The SMILES string of the molecule is C/C=C/CNCc1cccc(OCC)c1. The number of hydrogen-bond acceptors (Lipinski definition) is 2. The smallest absolute Gasteiger partial charge is 0.119 e. The van der Waals surface area contributed by atoms with E-state index in [1.165, 1.54) is 5.56 Å². The van der Waals surface area contributed by atoms with E-state index in [0.29, 0.717) is 0 Å². The summed E-state index contributed by atoms with van der Waals surface area (Å²) in [4.78, 5) is 0. The van der Waals surface area contributed by atoms with E-state index in [2.05, 4.69) is 23.5 Å². The van der Waals surface area contributed by atoms with Gasteiger partial charge in [0.25, 0.3) is 0 Å². The second-order valence-corrected chi connectivity index (χ2v) is 3.28. The molecule has 0 bridgehead atoms. The van der Waals surface area contributed by atoms with Crippen molar-refractivity contribution in [2.75, 3.05) is 13.2 Å². The average Bonchev–Trinajstić information content (AvgIpc) is 2.26. The average molecular weight is 205 g/mol. The maximum Gasteiger partial charge on any atom is 0.119 e. The molecule has 2 nitrogen and oxygen atoms in total. The van der Waals surface area contributed by atoms with Gasteiger partial charge in [0, 0.05) is 13.1 Å². The molecule has 0 aliphatic rings. The van der Waals surface area contributed by atoms with Gasteiger partial charge in [-0.25, -0.2) is 0 Å². The lowest BCUT2D eigenvalue weighted by Gasteiger charge is -2.06. The van der Waals surface area contributed by atoms with Crippen molar-refractivity contribution in [3.63, 3.8) is 0 Å². The Kier molecular flexibility index (Phi) is 5.56. The molecule has 0 atom stereocenters. The minimum atomic E-state index is 0.718. The minimum absolute atomic E-state index is 0.718. The maximum atomic E-state index is 5.43. The Morgan fingerprint density at radius 3 is 3.00 bits per heavy atom. The summed E-state index contributed by atoms with van der Waals surface area (Å²) >= 11 is 0. The van der Waals surface area contributed by atoms with E-state index in [-0.39, 0.29) is 0 Å². The van der Waals surface area contributed by atoms with Crippen LogP contribution in [0.4, 0.5) is 0 Å². The first-order valence-electron chi connectivity index (χ1n) is 5.40. The third-order valence-corrected chi connectivity index (χ3v) is 2.04. The Hall–Kier alpha value is -1.28. The van der Waals surface area contributed by atoms with Crippen LogP contribution in [0.25, 0.3) is 0 Å². The second kappa shape index (κ2) is 7.07. The van der Waals surface area contributed by atoms with Crippen molar-refractivity contribution < 1.29 is 4.74 Å². The van der Waals surface area contributed by atoms with Gasteiger partial charge < -0.3 is 10.1 Å². The van der Waals surface area contributed by atoms with Crippen LogP contribution < -0.4 is 10.1 Å². The zero-order valence-corrected chi connectivity index (χ0v) is 9.49. The standard InChI is InChI=1S/C13H19NO/c1-3-5-9-14-11-12-7-6-8-13(10-12)15-4-2/h3,5-8,10,14H,4,9,11H2,1-2H3/b5-3+. The number of allylic oxidation sites excluding steroid dienone is 1. The fourth-order valence-corrected chi connectivity index (χ4v) is 1.33. The van der Waals surface area contributed by atoms with Crippen molar-refractivity contribution in [2.45, 2.75) is 20.4 Å². The summed E-state index contributed by atoms with van der Waals surface area (Å²) < 4.78 is 5.43. The van der Waals surface area contributed by atoms with Crippen LogP contribution in [-0.4, -0.2) is 13.2 Å². The molecule has 0 radical (unpaired) electrons. The van der Waals surface area contributed by atoms with E-state index in [9.17, 15) is 0 Å². The van der Waals surface area contributed by atoms with Gasteiger partial charge in [0.15, 0.2) is 0 Å². The largest absolute Gasteiger partial charge is 0.494 e.